The smallest absolute Gasteiger partial charge is 0.254 e. The molecule has 17 heavy (non-hydrogen) atoms. The van der Waals surface area contributed by atoms with Gasteiger partial charge in [-0.05, 0) is 31.2 Å². The molecule has 0 bridgehead atoms. The second-order valence-corrected chi connectivity index (χ2v) is 3.92. The molecule has 0 N–H and O–H groups in total. The third kappa shape index (κ3) is 3.22. The maximum atomic E-state index is 12.0. The Balaban J connectivity index is 2.86. The van der Waals surface area contributed by atoms with E-state index in [0.717, 1.165) is 5.69 Å². The van der Waals surface area contributed by atoms with Crippen LogP contribution in [0.2, 0.25) is 0 Å². The standard InChI is InChI=1S/C13H17N3O/c1-4-16(10-9-14)13(17)11-5-7-12(8-6-11)15(2)3/h5-8H,4,10H2,1-3H3. The molecule has 0 saturated carbocycles. The Bertz CT molecular complexity index is 417. The number of hydrogen-bond donors (Lipinski definition) is 0. The number of rotatable bonds is 4. The van der Waals surface area contributed by atoms with E-state index in [-0.39, 0.29) is 12.5 Å². The molecule has 0 spiro atoms. The number of nitriles is 1. The van der Waals surface area contributed by atoms with Crippen LogP contribution in [0.5, 0.6) is 0 Å². The first kappa shape index (κ1) is 13.0. The number of benzene rings is 1. The molecule has 4 heteroatoms. The van der Waals surface area contributed by atoms with Gasteiger partial charge in [-0.3, -0.25) is 4.79 Å². The molecule has 0 aromatic heterocycles. The molecule has 0 atom stereocenters. The van der Waals surface area contributed by atoms with E-state index in [0.29, 0.717) is 12.1 Å². The third-order valence-corrected chi connectivity index (χ3v) is 2.56. The lowest BCUT2D eigenvalue weighted by Crippen LogP contribution is -2.31. The lowest BCUT2D eigenvalue weighted by molar-refractivity contribution is 0.0784. The second kappa shape index (κ2) is 5.90. The van der Waals surface area contributed by atoms with Gasteiger partial charge in [0.05, 0.1) is 6.07 Å². The van der Waals surface area contributed by atoms with Gasteiger partial charge in [0.25, 0.3) is 5.91 Å². The highest BCUT2D eigenvalue weighted by molar-refractivity contribution is 5.94. The lowest BCUT2D eigenvalue weighted by atomic mass is 10.1. The Labute approximate surface area is 102 Å². The van der Waals surface area contributed by atoms with Crippen LogP contribution in [-0.2, 0) is 0 Å². The van der Waals surface area contributed by atoms with Crippen molar-refractivity contribution in [2.24, 2.45) is 0 Å². The number of nitrogens with zero attached hydrogens (tertiary/aromatic N) is 3. The van der Waals surface area contributed by atoms with Crippen LogP contribution in [0.3, 0.4) is 0 Å². The minimum Gasteiger partial charge on any atom is -0.378 e. The summed E-state index contributed by atoms with van der Waals surface area (Å²) in [5.74, 6) is -0.0978. The van der Waals surface area contributed by atoms with Crippen LogP contribution < -0.4 is 4.90 Å². The van der Waals surface area contributed by atoms with Crippen molar-refractivity contribution in [3.63, 3.8) is 0 Å². The lowest BCUT2D eigenvalue weighted by Gasteiger charge is -2.18. The molecule has 0 aliphatic carbocycles. The summed E-state index contributed by atoms with van der Waals surface area (Å²) in [6, 6.07) is 9.37. The normalized spacial score (nSPS) is 9.53. The molecule has 0 unspecified atom stereocenters. The molecule has 0 heterocycles. The van der Waals surface area contributed by atoms with Crippen LogP contribution in [0, 0.1) is 11.3 Å². The maximum absolute atomic E-state index is 12.0. The molecular formula is C13H17N3O. The van der Waals surface area contributed by atoms with E-state index in [9.17, 15) is 4.79 Å². The fraction of sp³-hybridized carbons (Fsp3) is 0.385. The van der Waals surface area contributed by atoms with Crippen LogP contribution in [0.25, 0.3) is 0 Å². The van der Waals surface area contributed by atoms with Gasteiger partial charge >= 0.3 is 0 Å². The summed E-state index contributed by atoms with van der Waals surface area (Å²) in [4.78, 5) is 15.5. The molecule has 0 aliphatic heterocycles. The molecule has 1 rings (SSSR count). The van der Waals surface area contributed by atoms with Gasteiger partial charge in [0.2, 0.25) is 0 Å². The van der Waals surface area contributed by atoms with Gasteiger partial charge in [-0.25, -0.2) is 0 Å². The topological polar surface area (TPSA) is 47.3 Å². The Morgan fingerprint density at radius 1 is 1.29 bits per heavy atom. The van der Waals surface area contributed by atoms with E-state index < -0.39 is 0 Å². The molecule has 4 nitrogen and oxygen atoms in total. The zero-order valence-electron chi connectivity index (χ0n) is 10.5. The van der Waals surface area contributed by atoms with Gasteiger partial charge < -0.3 is 9.80 Å². The highest BCUT2D eigenvalue weighted by Gasteiger charge is 2.13. The summed E-state index contributed by atoms with van der Waals surface area (Å²) in [6.45, 7) is 2.54. The van der Waals surface area contributed by atoms with Crippen LogP contribution in [0.15, 0.2) is 24.3 Å². The van der Waals surface area contributed by atoms with Crippen LogP contribution in [0.4, 0.5) is 5.69 Å². The fourth-order valence-corrected chi connectivity index (χ4v) is 1.50. The van der Waals surface area contributed by atoms with Crippen molar-refractivity contribution >= 4 is 11.6 Å². The Kier molecular flexibility index (Phi) is 4.53. The average molecular weight is 231 g/mol. The third-order valence-electron chi connectivity index (χ3n) is 2.56. The van der Waals surface area contributed by atoms with Gasteiger partial charge in [-0.15, -0.1) is 0 Å². The summed E-state index contributed by atoms with van der Waals surface area (Å²) >= 11 is 0. The highest BCUT2D eigenvalue weighted by atomic mass is 16.2. The molecule has 0 radical (unpaired) electrons. The molecule has 90 valence electrons. The minimum atomic E-state index is -0.0978. The first-order chi connectivity index (χ1) is 8.10. The quantitative estimate of drug-likeness (QED) is 0.741. The summed E-state index contributed by atoms with van der Waals surface area (Å²) in [6.07, 6.45) is 0. The van der Waals surface area contributed by atoms with Crippen molar-refractivity contribution in [1.29, 1.82) is 5.26 Å². The van der Waals surface area contributed by atoms with Gasteiger partial charge in [0.1, 0.15) is 6.54 Å². The minimum absolute atomic E-state index is 0.0978. The van der Waals surface area contributed by atoms with E-state index in [1.807, 2.05) is 44.1 Å². The number of carbonyl (C=O) groups is 1. The van der Waals surface area contributed by atoms with Gasteiger partial charge in [0.15, 0.2) is 0 Å². The zero-order valence-corrected chi connectivity index (χ0v) is 10.5. The van der Waals surface area contributed by atoms with Crippen molar-refractivity contribution in [1.82, 2.24) is 4.90 Å². The summed E-state index contributed by atoms with van der Waals surface area (Å²) < 4.78 is 0. The van der Waals surface area contributed by atoms with Gasteiger partial charge in [0, 0.05) is 31.9 Å². The van der Waals surface area contributed by atoms with Gasteiger partial charge in [-0.1, -0.05) is 0 Å². The first-order valence-electron chi connectivity index (χ1n) is 5.53. The van der Waals surface area contributed by atoms with Crippen molar-refractivity contribution < 1.29 is 4.79 Å². The molecule has 0 fully saturated rings. The molecule has 0 aliphatic rings. The highest BCUT2D eigenvalue weighted by Crippen LogP contribution is 2.13. The van der Waals surface area contributed by atoms with E-state index in [1.54, 1.807) is 12.1 Å². The summed E-state index contributed by atoms with van der Waals surface area (Å²) in [5.41, 5.74) is 1.66. The molecule has 1 aromatic carbocycles. The van der Waals surface area contributed by atoms with Crippen molar-refractivity contribution in [2.45, 2.75) is 6.92 Å². The van der Waals surface area contributed by atoms with E-state index in [4.69, 9.17) is 5.26 Å². The molecule has 1 aromatic rings. The number of hydrogen-bond acceptors (Lipinski definition) is 3. The zero-order chi connectivity index (χ0) is 12.8. The summed E-state index contributed by atoms with van der Waals surface area (Å²) in [7, 11) is 3.90. The average Bonchev–Trinajstić information content (AvgIpc) is 2.35. The predicted octanol–water partition coefficient (Wildman–Crippen LogP) is 1.74. The van der Waals surface area contributed by atoms with Crippen LogP contribution in [0.1, 0.15) is 17.3 Å². The van der Waals surface area contributed by atoms with E-state index >= 15 is 0 Å². The monoisotopic (exact) mass is 231 g/mol. The predicted molar refractivity (Wildman–Crippen MR) is 68.0 cm³/mol. The van der Waals surface area contributed by atoms with Gasteiger partial charge in [-0.2, -0.15) is 5.26 Å². The van der Waals surface area contributed by atoms with Crippen molar-refractivity contribution in [2.75, 3.05) is 32.1 Å². The fourth-order valence-electron chi connectivity index (χ4n) is 1.50. The maximum Gasteiger partial charge on any atom is 0.254 e. The Morgan fingerprint density at radius 3 is 2.29 bits per heavy atom. The second-order valence-electron chi connectivity index (χ2n) is 3.92. The molecule has 1 amide bonds. The van der Waals surface area contributed by atoms with Crippen molar-refractivity contribution in [3.05, 3.63) is 29.8 Å². The van der Waals surface area contributed by atoms with Crippen LogP contribution in [-0.4, -0.2) is 38.0 Å². The van der Waals surface area contributed by atoms with Crippen LogP contribution >= 0.6 is 0 Å². The Hall–Kier alpha value is -2.02. The molecule has 0 saturated heterocycles. The number of amides is 1. The molecular weight excluding hydrogens is 214 g/mol. The van der Waals surface area contributed by atoms with E-state index in [1.165, 1.54) is 4.90 Å². The SMILES string of the molecule is CCN(CC#N)C(=O)c1ccc(N(C)C)cc1. The number of anilines is 1. The largest absolute Gasteiger partial charge is 0.378 e. The van der Waals surface area contributed by atoms with E-state index in [2.05, 4.69) is 0 Å². The summed E-state index contributed by atoms with van der Waals surface area (Å²) in [5, 5.41) is 8.63. The Morgan fingerprint density at radius 2 is 1.88 bits per heavy atom. The first-order valence-corrected chi connectivity index (χ1v) is 5.53. The number of carbonyl (C=O) groups excluding carboxylic acids is 1. The van der Waals surface area contributed by atoms with Crippen molar-refractivity contribution in [3.8, 4) is 6.07 Å².